The Morgan fingerprint density at radius 3 is 2.54 bits per heavy atom. The number of benzene rings is 2. The molecule has 28 heavy (non-hydrogen) atoms. The van der Waals surface area contributed by atoms with Crippen LogP contribution in [0.3, 0.4) is 0 Å². The largest absolute Gasteiger partial charge is 0.295 e. The van der Waals surface area contributed by atoms with Crippen LogP contribution < -0.4 is 0 Å². The van der Waals surface area contributed by atoms with Crippen molar-refractivity contribution in [1.82, 2.24) is 13.8 Å². The lowest BCUT2D eigenvalue weighted by molar-refractivity contribution is 0.129. The van der Waals surface area contributed by atoms with Crippen LogP contribution in [0.4, 0.5) is 0 Å². The second-order valence-corrected chi connectivity index (χ2v) is 9.75. The second-order valence-electron chi connectivity index (χ2n) is 7.43. The molecule has 5 nitrogen and oxygen atoms in total. The smallest absolute Gasteiger partial charge is 0.268 e. The normalized spacial score (nSPS) is 19.3. The molecule has 1 fully saturated rings. The van der Waals surface area contributed by atoms with Gasteiger partial charge < -0.3 is 0 Å². The predicted octanol–water partition coefficient (Wildman–Crippen LogP) is 3.50. The minimum absolute atomic E-state index is 0.000494. The maximum atomic E-state index is 13.1. The Morgan fingerprint density at radius 1 is 1.07 bits per heavy atom. The fourth-order valence-electron chi connectivity index (χ4n) is 3.65. The molecule has 3 aromatic rings. The average Bonchev–Trinajstić information content (AvgIpc) is 3.11. The molecule has 1 aliphatic heterocycles. The Bertz CT molecular complexity index is 1090. The van der Waals surface area contributed by atoms with Crippen molar-refractivity contribution >= 4 is 32.5 Å². The van der Waals surface area contributed by atoms with Crippen molar-refractivity contribution < 1.29 is 8.42 Å². The summed E-state index contributed by atoms with van der Waals surface area (Å²) < 4.78 is 27.6. The standard InChI is InChI=1S/C21H24ClN3O2S/c1-16-6-8-18(9-7-16)28(26,27)25-11-10-19-17(4-3-5-20(19)25)14-24-13-12-23(2)21(22)15-24/h3-11,21H,12-15H2,1-2H3. The maximum absolute atomic E-state index is 13.1. The Morgan fingerprint density at radius 2 is 1.82 bits per heavy atom. The third kappa shape index (κ3) is 3.57. The lowest BCUT2D eigenvalue weighted by Crippen LogP contribution is -2.48. The molecule has 0 N–H and O–H groups in total. The van der Waals surface area contributed by atoms with Crippen LogP contribution >= 0.6 is 11.6 Å². The number of likely N-dealkylation sites (N-methyl/N-ethyl adjacent to an activating group) is 1. The number of nitrogens with zero attached hydrogens (tertiary/aromatic N) is 3. The highest BCUT2D eigenvalue weighted by Gasteiger charge is 2.24. The van der Waals surface area contributed by atoms with Crippen molar-refractivity contribution in [1.29, 1.82) is 0 Å². The van der Waals surface area contributed by atoms with Crippen molar-refractivity contribution in [3.63, 3.8) is 0 Å². The van der Waals surface area contributed by atoms with Gasteiger partial charge in [-0.2, -0.15) is 0 Å². The van der Waals surface area contributed by atoms with Gasteiger partial charge in [0, 0.05) is 37.8 Å². The van der Waals surface area contributed by atoms with E-state index in [0.29, 0.717) is 10.4 Å². The number of hydrogen-bond donors (Lipinski definition) is 0. The van der Waals surface area contributed by atoms with Crippen molar-refractivity contribution in [3.8, 4) is 0 Å². The lowest BCUT2D eigenvalue weighted by Gasteiger charge is -2.36. The summed E-state index contributed by atoms with van der Waals surface area (Å²) in [5.74, 6) is 0. The highest BCUT2D eigenvalue weighted by Crippen LogP contribution is 2.26. The number of hydrogen-bond acceptors (Lipinski definition) is 4. The van der Waals surface area contributed by atoms with Crippen molar-refractivity contribution in [2.75, 3.05) is 26.7 Å². The molecule has 0 amide bonds. The van der Waals surface area contributed by atoms with Gasteiger partial charge >= 0.3 is 0 Å². The number of halogens is 1. The molecule has 1 unspecified atom stereocenters. The van der Waals surface area contributed by atoms with E-state index in [1.54, 1.807) is 18.3 Å². The summed E-state index contributed by atoms with van der Waals surface area (Å²) in [4.78, 5) is 4.76. The van der Waals surface area contributed by atoms with E-state index in [0.717, 1.165) is 42.7 Å². The molecule has 0 bridgehead atoms. The van der Waals surface area contributed by atoms with Gasteiger partial charge in [-0.05, 0) is 43.8 Å². The van der Waals surface area contributed by atoms with Crippen molar-refractivity contribution in [2.24, 2.45) is 0 Å². The van der Waals surface area contributed by atoms with Crippen LogP contribution in [-0.4, -0.2) is 54.4 Å². The van der Waals surface area contributed by atoms with Gasteiger partial charge in [0.25, 0.3) is 10.0 Å². The molecular formula is C21H24ClN3O2S. The Kier molecular flexibility index (Phi) is 5.22. The fraction of sp³-hybridized carbons (Fsp3) is 0.333. The third-order valence-electron chi connectivity index (χ3n) is 5.42. The maximum Gasteiger partial charge on any atom is 0.268 e. The SMILES string of the molecule is Cc1ccc(S(=O)(=O)n2ccc3c(CN4CCN(C)C(Cl)C4)cccc32)cc1. The molecular weight excluding hydrogens is 394 g/mol. The first-order valence-corrected chi connectivity index (χ1v) is 11.2. The van der Waals surface area contributed by atoms with Crippen molar-refractivity contribution in [2.45, 2.75) is 23.9 Å². The molecule has 0 spiro atoms. The van der Waals surface area contributed by atoms with E-state index in [4.69, 9.17) is 11.6 Å². The van der Waals surface area contributed by atoms with Crippen LogP contribution in [0.5, 0.6) is 0 Å². The van der Waals surface area contributed by atoms with Crippen LogP contribution in [0.15, 0.2) is 59.6 Å². The zero-order valence-electron chi connectivity index (χ0n) is 16.0. The molecule has 148 valence electrons. The highest BCUT2D eigenvalue weighted by molar-refractivity contribution is 7.90. The number of alkyl halides is 1. The summed E-state index contributed by atoms with van der Waals surface area (Å²) in [5.41, 5.74) is 2.85. The van der Waals surface area contributed by atoms with Gasteiger partial charge in [0.15, 0.2) is 0 Å². The summed E-state index contributed by atoms with van der Waals surface area (Å²) in [6, 6.07) is 14.7. The zero-order chi connectivity index (χ0) is 19.9. The topological polar surface area (TPSA) is 45.6 Å². The second kappa shape index (κ2) is 7.52. The van der Waals surface area contributed by atoms with Gasteiger partial charge in [-0.15, -0.1) is 11.6 Å². The highest BCUT2D eigenvalue weighted by atomic mass is 35.5. The molecule has 2 aromatic carbocycles. The first-order valence-electron chi connectivity index (χ1n) is 9.34. The van der Waals surface area contributed by atoms with Gasteiger partial charge in [-0.1, -0.05) is 29.8 Å². The number of piperazine rings is 1. The minimum atomic E-state index is -3.63. The number of rotatable bonds is 4. The van der Waals surface area contributed by atoms with Gasteiger partial charge in [-0.25, -0.2) is 12.4 Å². The fourth-order valence-corrected chi connectivity index (χ4v) is 5.28. The first-order chi connectivity index (χ1) is 13.4. The summed E-state index contributed by atoms with van der Waals surface area (Å²) in [6.45, 7) is 5.35. The van der Waals surface area contributed by atoms with Crippen LogP contribution in [0, 0.1) is 6.92 Å². The quantitative estimate of drug-likeness (QED) is 0.481. The summed E-state index contributed by atoms with van der Waals surface area (Å²) in [6.07, 6.45) is 1.65. The molecule has 1 aliphatic rings. The van der Waals surface area contributed by atoms with Gasteiger partial charge in [-0.3, -0.25) is 9.80 Å². The van der Waals surface area contributed by atoms with Crippen molar-refractivity contribution in [3.05, 3.63) is 65.9 Å². The number of fused-ring (bicyclic) bond motifs is 1. The summed E-state index contributed by atoms with van der Waals surface area (Å²) in [7, 11) is -1.60. The van der Waals surface area contributed by atoms with E-state index in [-0.39, 0.29) is 5.50 Å². The molecule has 0 saturated carbocycles. The Labute approximate surface area is 171 Å². The van der Waals surface area contributed by atoms with E-state index in [2.05, 4.69) is 15.9 Å². The molecule has 7 heteroatoms. The van der Waals surface area contributed by atoms with E-state index in [9.17, 15) is 8.42 Å². The van der Waals surface area contributed by atoms with Gasteiger partial charge in [0.1, 0.15) is 0 Å². The lowest BCUT2D eigenvalue weighted by atomic mass is 10.1. The third-order valence-corrected chi connectivity index (χ3v) is 7.59. The molecule has 4 rings (SSSR count). The molecule has 1 saturated heterocycles. The van der Waals surface area contributed by atoms with Crippen LogP contribution in [0.2, 0.25) is 0 Å². The van der Waals surface area contributed by atoms with Crippen LogP contribution in [-0.2, 0) is 16.6 Å². The number of aromatic nitrogens is 1. The van der Waals surface area contributed by atoms with E-state index in [1.165, 1.54) is 3.97 Å². The van der Waals surface area contributed by atoms with Gasteiger partial charge in [0.2, 0.25) is 0 Å². The first kappa shape index (κ1) is 19.5. The molecule has 1 atom stereocenters. The summed E-state index contributed by atoms with van der Waals surface area (Å²) in [5, 5.41) is 0.961. The molecule has 0 radical (unpaired) electrons. The average molecular weight is 418 g/mol. The van der Waals surface area contributed by atoms with Crippen LogP contribution in [0.25, 0.3) is 10.9 Å². The predicted molar refractivity (Wildman–Crippen MR) is 113 cm³/mol. The van der Waals surface area contributed by atoms with Crippen LogP contribution in [0.1, 0.15) is 11.1 Å². The zero-order valence-corrected chi connectivity index (χ0v) is 17.6. The minimum Gasteiger partial charge on any atom is -0.295 e. The van der Waals surface area contributed by atoms with E-state index < -0.39 is 10.0 Å². The molecule has 1 aromatic heterocycles. The molecule has 2 heterocycles. The van der Waals surface area contributed by atoms with E-state index >= 15 is 0 Å². The Hall–Kier alpha value is -1.86. The Balaban J connectivity index is 1.68. The molecule has 0 aliphatic carbocycles. The van der Waals surface area contributed by atoms with E-state index in [1.807, 2.05) is 44.3 Å². The monoisotopic (exact) mass is 417 g/mol. The number of aryl methyl sites for hydroxylation is 1. The van der Waals surface area contributed by atoms with Gasteiger partial charge in [0.05, 0.1) is 15.9 Å². The summed E-state index contributed by atoms with van der Waals surface area (Å²) >= 11 is 6.39.